The van der Waals surface area contributed by atoms with Crippen LogP contribution in [0, 0.1) is 0 Å². The van der Waals surface area contributed by atoms with Crippen LogP contribution in [0.15, 0.2) is 71.0 Å². The van der Waals surface area contributed by atoms with Crippen molar-refractivity contribution < 1.29 is 29.5 Å². The van der Waals surface area contributed by atoms with Crippen molar-refractivity contribution in [3.63, 3.8) is 0 Å². The fourth-order valence-electron chi connectivity index (χ4n) is 1.11. The zero-order valence-electron chi connectivity index (χ0n) is 13.5. The van der Waals surface area contributed by atoms with Gasteiger partial charge in [-0.05, 0) is 31.2 Å². The van der Waals surface area contributed by atoms with Gasteiger partial charge < -0.3 is 19.9 Å². The third-order valence-electron chi connectivity index (χ3n) is 2.13. The first-order chi connectivity index (χ1) is 12.1. The predicted octanol–water partition coefficient (Wildman–Crippen LogP) is 1.99. The Labute approximate surface area is 144 Å². The maximum absolute atomic E-state index is 9.56. The number of aliphatic hydroxyl groups excluding tert-OH is 2. The van der Waals surface area contributed by atoms with Gasteiger partial charge in [0, 0.05) is 10.3 Å². The molecule has 0 radical (unpaired) electrons. The van der Waals surface area contributed by atoms with E-state index < -0.39 is 6.10 Å². The molecule has 8 heteroatoms. The number of benzene rings is 2. The molecule has 0 aliphatic carbocycles. The summed E-state index contributed by atoms with van der Waals surface area (Å²) in [5.74, 6) is 1.07. The minimum Gasteiger partial charge on any atom is -0.394 e. The van der Waals surface area contributed by atoms with E-state index in [1.165, 1.54) is 19.1 Å². The molecule has 2 aromatic carbocycles. The Bertz CT molecular complexity index is 596. The number of hydrogen-bond acceptors (Lipinski definition) is 8. The van der Waals surface area contributed by atoms with Gasteiger partial charge in [-0.1, -0.05) is 36.4 Å². The van der Waals surface area contributed by atoms with E-state index in [9.17, 15) is 9.59 Å². The van der Waals surface area contributed by atoms with Crippen molar-refractivity contribution in [2.24, 2.45) is 10.3 Å². The van der Waals surface area contributed by atoms with Crippen molar-refractivity contribution in [2.75, 3.05) is 6.61 Å². The lowest BCUT2D eigenvalue weighted by Crippen LogP contribution is -2.03. The summed E-state index contributed by atoms with van der Waals surface area (Å²) < 4.78 is 0. The lowest BCUT2D eigenvalue weighted by molar-refractivity contribution is 0.110. The Hall–Kier alpha value is -3.28. The molecular formula is C17H18N2O6. The second-order valence-corrected chi connectivity index (χ2v) is 4.21. The minimum absolute atomic E-state index is 0.139. The topological polar surface area (TPSA) is 118 Å². The van der Waals surface area contributed by atoms with Crippen LogP contribution in [-0.2, 0) is 9.59 Å². The van der Waals surface area contributed by atoms with E-state index in [0.29, 0.717) is 11.5 Å². The van der Waals surface area contributed by atoms with Crippen LogP contribution in [0.25, 0.3) is 0 Å². The summed E-state index contributed by atoms with van der Waals surface area (Å²) in [6.45, 7) is 1.39. The minimum atomic E-state index is -0.560. The van der Waals surface area contributed by atoms with E-state index in [4.69, 9.17) is 10.2 Å². The summed E-state index contributed by atoms with van der Waals surface area (Å²) in [6.07, 6.45) is 1.98. The van der Waals surface area contributed by atoms with E-state index in [1.54, 1.807) is 48.5 Å². The number of hydrogen-bond donors (Lipinski definition) is 2. The van der Waals surface area contributed by atoms with Crippen molar-refractivity contribution >= 4 is 12.2 Å². The molecule has 2 N–H and O–H groups in total. The lowest BCUT2D eigenvalue weighted by Gasteiger charge is -1.91. The zero-order valence-corrected chi connectivity index (χ0v) is 13.5. The highest BCUT2D eigenvalue weighted by atomic mass is 16.6. The first-order valence-electron chi connectivity index (χ1n) is 7.01. The van der Waals surface area contributed by atoms with Gasteiger partial charge in [0.15, 0.2) is 11.5 Å². The van der Waals surface area contributed by atoms with Crippen LogP contribution in [0.1, 0.15) is 6.92 Å². The largest absolute Gasteiger partial charge is 0.394 e. The van der Waals surface area contributed by atoms with Crippen LogP contribution in [0.3, 0.4) is 0 Å². The molecule has 0 spiro atoms. The molecule has 1 atom stereocenters. The summed E-state index contributed by atoms with van der Waals surface area (Å²) >= 11 is 0. The molecule has 0 aliphatic rings. The standard InChI is InChI=1S/2C7H5NO2.C3H8O2/c2*9-6-8-10-7-4-2-1-3-5-7;1-3(5)2-4/h2*1-5H;3-5H,2H2,1H3. The molecule has 0 aliphatic heterocycles. The van der Waals surface area contributed by atoms with Gasteiger partial charge in [0.25, 0.3) is 12.2 Å². The molecule has 1 unspecified atom stereocenters. The van der Waals surface area contributed by atoms with Crippen LogP contribution < -0.4 is 9.68 Å². The maximum atomic E-state index is 9.56. The predicted molar refractivity (Wildman–Crippen MR) is 89.1 cm³/mol. The third kappa shape index (κ3) is 14.1. The highest BCUT2D eigenvalue weighted by molar-refractivity contribution is 5.33. The molecule has 0 fully saturated rings. The second kappa shape index (κ2) is 15.6. The summed E-state index contributed by atoms with van der Waals surface area (Å²) in [5.41, 5.74) is 0. The summed E-state index contributed by atoms with van der Waals surface area (Å²) in [7, 11) is 0. The number of carbonyl (C=O) groups excluding carboxylic acids is 2. The van der Waals surface area contributed by atoms with Crippen molar-refractivity contribution in [1.29, 1.82) is 0 Å². The maximum Gasteiger partial charge on any atom is 0.277 e. The average molecular weight is 346 g/mol. The first-order valence-corrected chi connectivity index (χ1v) is 7.01. The fraction of sp³-hybridized carbons (Fsp3) is 0.176. The SMILES string of the molecule is CC(O)CO.O=C=NOc1ccccc1.O=C=NOc1ccccc1. The van der Waals surface area contributed by atoms with Crippen molar-refractivity contribution in [3.05, 3.63) is 60.7 Å². The van der Waals surface area contributed by atoms with Gasteiger partial charge >= 0.3 is 0 Å². The second-order valence-electron chi connectivity index (χ2n) is 4.21. The molecule has 132 valence electrons. The Morgan fingerprint density at radius 2 is 1.20 bits per heavy atom. The summed E-state index contributed by atoms with van der Waals surface area (Å²) in [6, 6.07) is 17.6. The molecule has 0 heterocycles. The molecule has 25 heavy (non-hydrogen) atoms. The van der Waals surface area contributed by atoms with Gasteiger partial charge in [0.1, 0.15) is 0 Å². The normalized spacial score (nSPS) is 9.40. The van der Waals surface area contributed by atoms with Crippen LogP contribution in [0.4, 0.5) is 0 Å². The Kier molecular flexibility index (Phi) is 13.6. The zero-order chi connectivity index (χ0) is 18.8. The van der Waals surface area contributed by atoms with Crippen molar-refractivity contribution in [3.8, 4) is 11.5 Å². The number of rotatable bonds is 5. The molecule has 0 saturated heterocycles. The van der Waals surface area contributed by atoms with Gasteiger partial charge in [-0.25, -0.2) is 9.59 Å². The van der Waals surface area contributed by atoms with Gasteiger partial charge in [-0.2, -0.15) is 0 Å². The molecular weight excluding hydrogens is 328 g/mol. The third-order valence-corrected chi connectivity index (χ3v) is 2.13. The van der Waals surface area contributed by atoms with Gasteiger partial charge in [0.2, 0.25) is 0 Å². The Morgan fingerprint density at radius 1 is 0.880 bits per heavy atom. The quantitative estimate of drug-likeness (QED) is 0.486. The number of isocyanates is 2. The van der Waals surface area contributed by atoms with E-state index in [1.807, 2.05) is 12.1 Å². The Morgan fingerprint density at radius 3 is 1.44 bits per heavy atom. The molecule has 8 nitrogen and oxygen atoms in total. The van der Waals surface area contributed by atoms with E-state index in [0.717, 1.165) is 0 Å². The average Bonchev–Trinajstić information content (AvgIpc) is 2.67. The van der Waals surface area contributed by atoms with Gasteiger partial charge in [-0.15, -0.1) is 0 Å². The highest BCUT2D eigenvalue weighted by Gasteiger charge is 1.86. The number of nitrogens with zero attached hydrogens (tertiary/aromatic N) is 2. The molecule has 0 aromatic heterocycles. The Balaban J connectivity index is 0.000000368. The molecule has 2 rings (SSSR count). The summed E-state index contributed by atoms with van der Waals surface area (Å²) in [5, 5.41) is 21.9. The lowest BCUT2D eigenvalue weighted by atomic mass is 10.3. The van der Waals surface area contributed by atoms with Gasteiger partial charge in [0.05, 0.1) is 12.7 Å². The van der Waals surface area contributed by atoms with Crippen LogP contribution in [-0.4, -0.2) is 35.1 Å². The van der Waals surface area contributed by atoms with Gasteiger partial charge in [-0.3, -0.25) is 0 Å². The number of aliphatic hydroxyl groups is 2. The van der Waals surface area contributed by atoms with Crippen LogP contribution >= 0.6 is 0 Å². The monoisotopic (exact) mass is 346 g/mol. The van der Waals surface area contributed by atoms with E-state index in [-0.39, 0.29) is 6.61 Å². The molecule has 2 aromatic rings. The van der Waals surface area contributed by atoms with Crippen molar-refractivity contribution in [2.45, 2.75) is 13.0 Å². The van der Waals surface area contributed by atoms with Crippen molar-refractivity contribution in [1.82, 2.24) is 0 Å². The van der Waals surface area contributed by atoms with E-state index in [2.05, 4.69) is 20.0 Å². The number of para-hydroxylation sites is 2. The highest BCUT2D eigenvalue weighted by Crippen LogP contribution is 2.08. The smallest absolute Gasteiger partial charge is 0.277 e. The molecule has 0 amide bonds. The first kappa shape index (κ1) is 21.7. The molecule has 0 bridgehead atoms. The van der Waals surface area contributed by atoms with Crippen LogP contribution in [0.2, 0.25) is 0 Å². The fourth-order valence-corrected chi connectivity index (χ4v) is 1.11. The summed E-state index contributed by atoms with van der Waals surface area (Å²) in [4.78, 5) is 28.2. The molecule has 0 saturated carbocycles. The van der Waals surface area contributed by atoms with E-state index >= 15 is 0 Å². The van der Waals surface area contributed by atoms with Crippen LogP contribution in [0.5, 0.6) is 11.5 Å².